The SMILES string of the molecule is N#CC(NCCc1ccc(F)cc1)c1cccc(F)c1. The molecule has 2 rings (SSSR count). The minimum atomic E-state index is -0.550. The van der Waals surface area contributed by atoms with Crippen molar-refractivity contribution in [2.75, 3.05) is 6.54 Å². The van der Waals surface area contributed by atoms with Gasteiger partial charge in [0.25, 0.3) is 0 Å². The molecule has 0 spiro atoms. The molecule has 2 aromatic rings. The Labute approximate surface area is 116 Å². The Morgan fingerprint density at radius 1 is 1.05 bits per heavy atom. The van der Waals surface area contributed by atoms with Crippen LogP contribution in [-0.2, 0) is 6.42 Å². The maximum atomic E-state index is 13.1. The smallest absolute Gasteiger partial charge is 0.123 e. The first kappa shape index (κ1) is 14.2. The quantitative estimate of drug-likeness (QED) is 0.906. The lowest BCUT2D eigenvalue weighted by Gasteiger charge is -2.12. The highest BCUT2D eigenvalue weighted by molar-refractivity contribution is 5.25. The van der Waals surface area contributed by atoms with Gasteiger partial charge in [-0.1, -0.05) is 24.3 Å². The van der Waals surface area contributed by atoms with Gasteiger partial charge in [-0.15, -0.1) is 0 Å². The molecule has 0 fully saturated rings. The third-order valence-electron chi connectivity index (χ3n) is 2.99. The van der Waals surface area contributed by atoms with Crippen molar-refractivity contribution in [1.82, 2.24) is 5.32 Å². The molecule has 0 amide bonds. The largest absolute Gasteiger partial charge is 0.298 e. The summed E-state index contributed by atoms with van der Waals surface area (Å²) < 4.78 is 25.9. The van der Waals surface area contributed by atoms with Crippen molar-refractivity contribution in [2.24, 2.45) is 0 Å². The number of benzene rings is 2. The summed E-state index contributed by atoms with van der Waals surface area (Å²) in [6.07, 6.45) is 0.674. The van der Waals surface area contributed by atoms with Gasteiger partial charge in [0.15, 0.2) is 0 Å². The van der Waals surface area contributed by atoms with E-state index in [1.54, 1.807) is 24.3 Å². The molecule has 0 heterocycles. The summed E-state index contributed by atoms with van der Waals surface area (Å²) >= 11 is 0. The number of nitriles is 1. The normalized spacial score (nSPS) is 11.8. The summed E-state index contributed by atoms with van der Waals surface area (Å²) in [4.78, 5) is 0. The zero-order valence-electron chi connectivity index (χ0n) is 10.8. The molecule has 1 unspecified atom stereocenters. The molecule has 0 aliphatic heterocycles. The molecule has 4 heteroatoms. The van der Waals surface area contributed by atoms with Crippen LogP contribution in [0.25, 0.3) is 0 Å². The van der Waals surface area contributed by atoms with Crippen LogP contribution in [0.5, 0.6) is 0 Å². The van der Waals surface area contributed by atoms with Crippen LogP contribution in [0.2, 0.25) is 0 Å². The van der Waals surface area contributed by atoms with Gasteiger partial charge in [0.1, 0.15) is 17.7 Å². The zero-order chi connectivity index (χ0) is 14.4. The third-order valence-corrected chi connectivity index (χ3v) is 2.99. The predicted molar refractivity (Wildman–Crippen MR) is 72.9 cm³/mol. The van der Waals surface area contributed by atoms with Crippen LogP contribution in [0, 0.1) is 23.0 Å². The van der Waals surface area contributed by atoms with Gasteiger partial charge in [-0.2, -0.15) is 5.26 Å². The first-order valence-electron chi connectivity index (χ1n) is 6.32. The molecule has 20 heavy (non-hydrogen) atoms. The van der Waals surface area contributed by atoms with Crippen LogP contribution < -0.4 is 5.32 Å². The van der Waals surface area contributed by atoms with Gasteiger partial charge in [0.2, 0.25) is 0 Å². The molecule has 0 bridgehead atoms. The van der Waals surface area contributed by atoms with Crippen molar-refractivity contribution in [3.05, 3.63) is 71.3 Å². The van der Waals surface area contributed by atoms with Crippen LogP contribution >= 0.6 is 0 Å². The van der Waals surface area contributed by atoms with Crippen LogP contribution in [0.15, 0.2) is 48.5 Å². The van der Waals surface area contributed by atoms with Gasteiger partial charge in [0.05, 0.1) is 6.07 Å². The fraction of sp³-hybridized carbons (Fsp3) is 0.188. The Bertz CT molecular complexity index is 603. The molecule has 0 aromatic heterocycles. The second kappa shape index (κ2) is 6.78. The molecule has 2 aromatic carbocycles. The van der Waals surface area contributed by atoms with E-state index in [9.17, 15) is 8.78 Å². The first-order chi connectivity index (χ1) is 9.69. The van der Waals surface area contributed by atoms with Gasteiger partial charge >= 0.3 is 0 Å². The number of nitrogens with one attached hydrogen (secondary N) is 1. The fourth-order valence-electron chi connectivity index (χ4n) is 1.94. The first-order valence-corrected chi connectivity index (χ1v) is 6.32. The predicted octanol–water partition coefficient (Wildman–Crippen LogP) is 3.36. The summed E-state index contributed by atoms with van der Waals surface area (Å²) in [5.41, 5.74) is 1.58. The summed E-state index contributed by atoms with van der Waals surface area (Å²) in [7, 11) is 0. The number of hydrogen-bond donors (Lipinski definition) is 1. The number of nitrogens with zero attached hydrogens (tertiary/aromatic N) is 1. The fourth-order valence-corrected chi connectivity index (χ4v) is 1.94. The molecule has 0 saturated heterocycles. The highest BCUT2D eigenvalue weighted by atomic mass is 19.1. The topological polar surface area (TPSA) is 35.8 Å². The molecule has 0 aliphatic rings. The van der Waals surface area contributed by atoms with Gasteiger partial charge in [-0.05, 0) is 41.8 Å². The minimum Gasteiger partial charge on any atom is -0.298 e. The van der Waals surface area contributed by atoms with Crippen molar-refractivity contribution in [3.8, 4) is 6.07 Å². The second-order valence-electron chi connectivity index (χ2n) is 4.45. The van der Waals surface area contributed by atoms with Gasteiger partial charge in [-0.3, -0.25) is 5.32 Å². The van der Waals surface area contributed by atoms with Crippen molar-refractivity contribution in [2.45, 2.75) is 12.5 Å². The van der Waals surface area contributed by atoms with E-state index in [1.807, 2.05) is 0 Å². The lowest BCUT2D eigenvalue weighted by molar-refractivity contribution is 0.603. The van der Waals surface area contributed by atoms with E-state index < -0.39 is 6.04 Å². The molecule has 2 nitrogen and oxygen atoms in total. The van der Waals surface area contributed by atoms with E-state index >= 15 is 0 Å². The molecule has 0 radical (unpaired) electrons. The van der Waals surface area contributed by atoms with Crippen molar-refractivity contribution in [1.29, 1.82) is 5.26 Å². The van der Waals surface area contributed by atoms with E-state index in [1.165, 1.54) is 24.3 Å². The Balaban J connectivity index is 1.92. The van der Waals surface area contributed by atoms with E-state index in [4.69, 9.17) is 5.26 Å². The van der Waals surface area contributed by atoms with E-state index in [0.717, 1.165) is 5.56 Å². The standard InChI is InChI=1S/C16H14F2N2/c17-14-6-4-12(5-7-14)8-9-20-16(11-19)13-2-1-3-15(18)10-13/h1-7,10,16,20H,8-9H2. The Morgan fingerprint density at radius 2 is 1.80 bits per heavy atom. The summed E-state index contributed by atoms with van der Waals surface area (Å²) in [6, 6.07) is 13.8. The molecule has 1 atom stereocenters. The highest BCUT2D eigenvalue weighted by Gasteiger charge is 2.09. The van der Waals surface area contributed by atoms with E-state index in [0.29, 0.717) is 18.5 Å². The number of hydrogen-bond acceptors (Lipinski definition) is 2. The summed E-state index contributed by atoms with van der Waals surface area (Å²) in [6.45, 7) is 0.556. The molecule has 1 N–H and O–H groups in total. The maximum Gasteiger partial charge on any atom is 0.123 e. The third kappa shape index (κ3) is 3.87. The Morgan fingerprint density at radius 3 is 2.45 bits per heavy atom. The number of rotatable bonds is 5. The Hall–Kier alpha value is -2.25. The molecule has 0 saturated carbocycles. The van der Waals surface area contributed by atoms with Gasteiger partial charge < -0.3 is 0 Å². The van der Waals surface area contributed by atoms with E-state index in [-0.39, 0.29) is 11.6 Å². The van der Waals surface area contributed by atoms with Gasteiger partial charge in [0, 0.05) is 6.54 Å². The number of halogens is 2. The average Bonchev–Trinajstić information content (AvgIpc) is 2.45. The molecule has 0 aliphatic carbocycles. The van der Waals surface area contributed by atoms with Crippen molar-refractivity contribution >= 4 is 0 Å². The van der Waals surface area contributed by atoms with Crippen molar-refractivity contribution in [3.63, 3.8) is 0 Å². The zero-order valence-corrected chi connectivity index (χ0v) is 10.8. The van der Waals surface area contributed by atoms with Crippen LogP contribution in [0.4, 0.5) is 8.78 Å². The average molecular weight is 272 g/mol. The second-order valence-corrected chi connectivity index (χ2v) is 4.45. The monoisotopic (exact) mass is 272 g/mol. The summed E-state index contributed by atoms with van der Waals surface area (Å²) in [5.74, 6) is -0.626. The van der Waals surface area contributed by atoms with Crippen LogP contribution in [-0.4, -0.2) is 6.54 Å². The lowest BCUT2D eigenvalue weighted by atomic mass is 10.1. The molecular weight excluding hydrogens is 258 g/mol. The van der Waals surface area contributed by atoms with E-state index in [2.05, 4.69) is 11.4 Å². The Kier molecular flexibility index (Phi) is 4.80. The molecular formula is C16H14F2N2. The van der Waals surface area contributed by atoms with Crippen LogP contribution in [0.3, 0.4) is 0 Å². The van der Waals surface area contributed by atoms with Crippen LogP contribution in [0.1, 0.15) is 17.2 Å². The minimum absolute atomic E-state index is 0.267. The maximum absolute atomic E-state index is 13.1. The van der Waals surface area contributed by atoms with Gasteiger partial charge in [-0.25, -0.2) is 8.78 Å². The summed E-state index contributed by atoms with van der Waals surface area (Å²) in [5, 5.41) is 12.2. The lowest BCUT2D eigenvalue weighted by Crippen LogP contribution is -2.22. The van der Waals surface area contributed by atoms with Crippen molar-refractivity contribution < 1.29 is 8.78 Å². The molecule has 102 valence electrons. The highest BCUT2D eigenvalue weighted by Crippen LogP contribution is 2.13.